The molecule has 2 rings (SSSR count). The number of aromatic nitrogens is 1. The minimum atomic E-state index is 0. The van der Waals surface area contributed by atoms with Crippen LogP contribution in [0.4, 0.5) is 0 Å². The molecule has 2 N–H and O–H groups in total. The maximum Gasteiger partial charge on any atom is 0.191 e. The van der Waals surface area contributed by atoms with Gasteiger partial charge in [0.2, 0.25) is 0 Å². The van der Waals surface area contributed by atoms with E-state index in [-0.39, 0.29) is 30.0 Å². The zero-order valence-electron chi connectivity index (χ0n) is 16.1. The van der Waals surface area contributed by atoms with Gasteiger partial charge in [-0.15, -0.1) is 24.0 Å². The van der Waals surface area contributed by atoms with Crippen LogP contribution in [0.3, 0.4) is 0 Å². The Morgan fingerprint density at radius 1 is 1.19 bits per heavy atom. The molecule has 1 heterocycles. The average molecular weight is 506 g/mol. The number of hydrogen-bond donors (Lipinski definition) is 2. The van der Waals surface area contributed by atoms with E-state index in [0.29, 0.717) is 13.1 Å². The zero-order valence-corrected chi connectivity index (χ0v) is 19.2. The van der Waals surface area contributed by atoms with Crippen LogP contribution in [-0.4, -0.2) is 42.2 Å². The van der Waals surface area contributed by atoms with Gasteiger partial charge in [0.15, 0.2) is 5.96 Å². The van der Waals surface area contributed by atoms with Crippen molar-refractivity contribution in [3.05, 3.63) is 52.9 Å². The second-order valence-electron chi connectivity index (χ2n) is 5.83. The van der Waals surface area contributed by atoms with Crippen LogP contribution in [-0.2, 0) is 6.54 Å². The van der Waals surface area contributed by atoms with Crippen molar-refractivity contribution >= 4 is 41.5 Å². The van der Waals surface area contributed by atoms with E-state index in [4.69, 9.17) is 16.1 Å². The minimum Gasteiger partial charge on any atom is -0.364 e. The number of guanidine groups is 1. The fourth-order valence-corrected chi connectivity index (χ4v) is 3.12. The number of nitrogens with zero attached hydrogens (tertiary/aromatic N) is 3. The summed E-state index contributed by atoms with van der Waals surface area (Å²) in [5.74, 6) is 0.750. The Balaban J connectivity index is 0.00000364. The van der Waals surface area contributed by atoms with E-state index in [0.717, 1.165) is 41.9 Å². The number of benzene rings is 1. The minimum absolute atomic E-state index is 0. The first-order valence-corrected chi connectivity index (χ1v) is 9.47. The number of likely N-dealkylation sites (N-methyl/N-ethyl adjacent to an activating group) is 1. The van der Waals surface area contributed by atoms with Crippen LogP contribution in [0.1, 0.15) is 38.1 Å². The molecule has 0 aliphatic rings. The first-order valence-electron chi connectivity index (χ1n) is 9.09. The van der Waals surface area contributed by atoms with Crippen LogP contribution < -0.4 is 10.6 Å². The zero-order chi connectivity index (χ0) is 18.8. The quantitative estimate of drug-likeness (QED) is 0.305. The van der Waals surface area contributed by atoms with E-state index in [9.17, 15) is 0 Å². The van der Waals surface area contributed by atoms with E-state index in [1.807, 2.05) is 31.2 Å². The van der Waals surface area contributed by atoms with E-state index >= 15 is 0 Å². The highest BCUT2D eigenvalue weighted by molar-refractivity contribution is 14.0. The highest BCUT2D eigenvalue weighted by Crippen LogP contribution is 2.26. The molecule has 1 unspecified atom stereocenters. The Morgan fingerprint density at radius 2 is 1.93 bits per heavy atom. The van der Waals surface area contributed by atoms with E-state index in [1.165, 1.54) is 0 Å². The Hall–Kier alpha value is -1.32. The molecule has 0 radical (unpaired) electrons. The second-order valence-corrected chi connectivity index (χ2v) is 6.23. The smallest absolute Gasteiger partial charge is 0.191 e. The lowest BCUT2D eigenvalue weighted by atomic mass is 10.0. The van der Waals surface area contributed by atoms with Gasteiger partial charge in [-0.05, 0) is 31.6 Å². The Bertz CT molecular complexity index is 676. The third-order valence-corrected chi connectivity index (χ3v) is 4.56. The van der Waals surface area contributed by atoms with Crippen molar-refractivity contribution in [2.24, 2.45) is 4.99 Å². The summed E-state index contributed by atoms with van der Waals surface area (Å²) in [5.41, 5.74) is 1.92. The van der Waals surface area contributed by atoms with E-state index in [1.54, 1.807) is 6.26 Å². The monoisotopic (exact) mass is 505 g/mol. The van der Waals surface area contributed by atoms with Gasteiger partial charge in [0.25, 0.3) is 0 Å². The molecule has 1 aromatic heterocycles. The van der Waals surface area contributed by atoms with Gasteiger partial charge in [0.05, 0.1) is 12.6 Å². The molecule has 0 spiro atoms. The Kier molecular flexibility index (Phi) is 11.4. The lowest BCUT2D eigenvalue weighted by Crippen LogP contribution is -2.43. The van der Waals surface area contributed by atoms with Crippen LogP contribution in [0.15, 0.2) is 46.1 Å². The van der Waals surface area contributed by atoms with E-state index < -0.39 is 0 Å². The average Bonchev–Trinajstić information content (AvgIpc) is 3.17. The summed E-state index contributed by atoms with van der Waals surface area (Å²) in [6.45, 7) is 10.2. The molecule has 1 atom stereocenters. The topological polar surface area (TPSA) is 65.7 Å². The molecular weight excluding hydrogens is 477 g/mol. The molecule has 0 saturated heterocycles. The fourth-order valence-electron chi connectivity index (χ4n) is 2.86. The van der Waals surface area contributed by atoms with Gasteiger partial charge >= 0.3 is 0 Å². The number of aliphatic imine (C=N–C) groups is 1. The van der Waals surface area contributed by atoms with Crippen LogP contribution in [0.2, 0.25) is 5.02 Å². The molecule has 150 valence electrons. The van der Waals surface area contributed by atoms with E-state index in [2.05, 4.69) is 45.6 Å². The van der Waals surface area contributed by atoms with Gasteiger partial charge in [0.1, 0.15) is 12.0 Å². The SMILES string of the molecule is CCNC(=NCc1ccon1)NCC(c1ccccc1Cl)N(CC)CC.I. The number of halogens is 2. The fraction of sp³-hybridized carbons (Fsp3) is 0.474. The molecule has 0 saturated carbocycles. The Labute approximate surface area is 183 Å². The van der Waals surface area contributed by atoms with Crippen LogP contribution in [0.5, 0.6) is 0 Å². The van der Waals surface area contributed by atoms with Crippen LogP contribution >= 0.6 is 35.6 Å². The molecule has 1 aromatic carbocycles. The van der Waals surface area contributed by atoms with Crippen molar-refractivity contribution in [2.75, 3.05) is 26.2 Å². The third kappa shape index (κ3) is 7.31. The summed E-state index contributed by atoms with van der Waals surface area (Å²) < 4.78 is 4.86. The highest BCUT2D eigenvalue weighted by atomic mass is 127. The van der Waals surface area contributed by atoms with Crippen LogP contribution in [0.25, 0.3) is 0 Å². The predicted molar refractivity (Wildman–Crippen MR) is 122 cm³/mol. The van der Waals surface area contributed by atoms with Crippen molar-refractivity contribution in [3.8, 4) is 0 Å². The first kappa shape index (κ1) is 23.7. The van der Waals surface area contributed by atoms with Gasteiger partial charge in [0, 0.05) is 24.2 Å². The van der Waals surface area contributed by atoms with Crippen LogP contribution in [0, 0.1) is 0 Å². The molecule has 6 nitrogen and oxygen atoms in total. The molecule has 2 aromatic rings. The number of rotatable bonds is 9. The van der Waals surface area contributed by atoms with Gasteiger partial charge < -0.3 is 15.2 Å². The number of hydrogen-bond acceptors (Lipinski definition) is 4. The maximum atomic E-state index is 6.46. The molecular formula is C19H29ClIN5O. The van der Waals surface area contributed by atoms with Gasteiger partial charge in [-0.2, -0.15) is 0 Å². The molecule has 0 amide bonds. The van der Waals surface area contributed by atoms with Gasteiger partial charge in [-0.25, -0.2) is 4.99 Å². The third-order valence-electron chi connectivity index (χ3n) is 4.21. The summed E-state index contributed by atoms with van der Waals surface area (Å²) in [5, 5.41) is 11.4. The molecule has 0 aliphatic heterocycles. The lowest BCUT2D eigenvalue weighted by Gasteiger charge is -2.31. The maximum absolute atomic E-state index is 6.46. The first-order chi connectivity index (χ1) is 12.7. The molecule has 8 heteroatoms. The second kappa shape index (κ2) is 13.0. The van der Waals surface area contributed by atoms with Crippen molar-refractivity contribution in [1.82, 2.24) is 20.7 Å². The lowest BCUT2D eigenvalue weighted by molar-refractivity contribution is 0.219. The van der Waals surface area contributed by atoms with Crippen molar-refractivity contribution in [1.29, 1.82) is 0 Å². The van der Waals surface area contributed by atoms with Gasteiger partial charge in [-0.3, -0.25) is 4.90 Å². The normalized spacial score (nSPS) is 12.6. The van der Waals surface area contributed by atoms with Gasteiger partial charge in [-0.1, -0.05) is 48.8 Å². The summed E-state index contributed by atoms with van der Waals surface area (Å²) in [7, 11) is 0. The highest BCUT2D eigenvalue weighted by Gasteiger charge is 2.20. The summed E-state index contributed by atoms with van der Waals surface area (Å²) in [6.07, 6.45) is 1.55. The van der Waals surface area contributed by atoms with Crippen molar-refractivity contribution < 1.29 is 4.52 Å². The molecule has 0 bridgehead atoms. The number of nitrogens with one attached hydrogen (secondary N) is 2. The molecule has 0 fully saturated rings. The van der Waals surface area contributed by atoms with Crippen molar-refractivity contribution in [2.45, 2.75) is 33.4 Å². The molecule has 27 heavy (non-hydrogen) atoms. The standard InChI is InChI=1S/C19H28ClN5O.HI/c1-4-21-19(22-13-15-11-12-26-24-15)23-14-18(25(5-2)6-3)16-9-7-8-10-17(16)20;/h7-12,18H,4-6,13-14H2,1-3H3,(H2,21,22,23);1H. The summed E-state index contributed by atoms with van der Waals surface area (Å²) in [6, 6.07) is 10.00. The predicted octanol–water partition coefficient (Wildman–Crippen LogP) is 4.08. The van der Waals surface area contributed by atoms with Crippen molar-refractivity contribution in [3.63, 3.8) is 0 Å². The molecule has 0 aliphatic carbocycles. The summed E-state index contributed by atoms with van der Waals surface area (Å²) >= 11 is 6.46. The Morgan fingerprint density at radius 3 is 2.52 bits per heavy atom. The largest absolute Gasteiger partial charge is 0.364 e. The summed E-state index contributed by atoms with van der Waals surface area (Å²) in [4.78, 5) is 6.96.